The van der Waals surface area contributed by atoms with Crippen LogP contribution < -0.4 is 10.1 Å². The zero-order chi connectivity index (χ0) is 12.7. The third kappa shape index (κ3) is 4.30. The number of nitrogens with one attached hydrogen (secondary N) is 1. The second-order valence-electron chi connectivity index (χ2n) is 3.90. The van der Waals surface area contributed by atoms with Crippen molar-refractivity contribution in [2.24, 2.45) is 0 Å². The Hall–Kier alpha value is -1.16. The predicted molar refractivity (Wildman–Crippen MR) is 64.6 cm³/mol. The maximum absolute atomic E-state index is 13.6. The van der Waals surface area contributed by atoms with Gasteiger partial charge in [0.05, 0.1) is 0 Å². The van der Waals surface area contributed by atoms with E-state index in [0.29, 0.717) is 0 Å². The van der Waals surface area contributed by atoms with Gasteiger partial charge >= 0.3 is 0 Å². The van der Waals surface area contributed by atoms with E-state index in [4.69, 9.17) is 4.74 Å². The van der Waals surface area contributed by atoms with E-state index in [-0.39, 0.29) is 18.4 Å². The zero-order valence-corrected chi connectivity index (χ0v) is 10.3. The van der Waals surface area contributed by atoms with E-state index < -0.39 is 12.5 Å². The molecule has 0 saturated heterocycles. The van der Waals surface area contributed by atoms with Crippen LogP contribution in [0.25, 0.3) is 0 Å². The lowest BCUT2D eigenvalue weighted by Crippen LogP contribution is -2.19. The van der Waals surface area contributed by atoms with Crippen LogP contribution in [0.4, 0.5) is 8.78 Å². The second kappa shape index (κ2) is 7.22. The Bertz CT molecular complexity index is 344. The van der Waals surface area contributed by atoms with Crippen LogP contribution in [0.2, 0.25) is 0 Å². The number of ether oxygens (including phenoxy) is 1. The highest BCUT2D eigenvalue weighted by molar-refractivity contribution is 5.30. The van der Waals surface area contributed by atoms with Gasteiger partial charge in [0.2, 0.25) is 0 Å². The third-order valence-electron chi connectivity index (χ3n) is 2.49. The van der Waals surface area contributed by atoms with Gasteiger partial charge in [-0.1, -0.05) is 13.0 Å². The smallest absolute Gasteiger partial charge is 0.165 e. The molecule has 0 bridgehead atoms. The van der Waals surface area contributed by atoms with Gasteiger partial charge in [0.15, 0.2) is 11.6 Å². The molecule has 0 heterocycles. The monoisotopic (exact) mass is 243 g/mol. The highest BCUT2D eigenvalue weighted by Gasteiger charge is 2.09. The number of benzene rings is 1. The number of hydrogen-bond donors (Lipinski definition) is 1. The van der Waals surface area contributed by atoms with E-state index >= 15 is 0 Å². The van der Waals surface area contributed by atoms with Gasteiger partial charge in [0, 0.05) is 6.04 Å². The largest absolute Gasteiger partial charge is 0.488 e. The van der Waals surface area contributed by atoms with Crippen molar-refractivity contribution in [3.8, 4) is 5.75 Å². The van der Waals surface area contributed by atoms with Crippen molar-refractivity contribution in [2.45, 2.75) is 26.3 Å². The van der Waals surface area contributed by atoms with E-state index in [1.165, 1.54) is 6.07 Å². The highest BCUT2D eigenvalue weighted by atomic mass is 19.1. The fourth-order valence-electron chi connectivity index (χ4n) is 1.53. The molecule has 1 rings (SSSR count). The van der Waals surface area contributed by atoms with Gasteiger partial charge in [-0.05, 0) is 37.6 Å². The Labute approximate surface area is 101 Å². The first-order valence-electron chi connectivity index (χ1n) is 5.90. The van der Waals surface area contributed by atoms with Crippen molar-refractivity contribution in [2.75, 3.05) is 19.8 Å². The van der Waals surface area contributed by atoms with E-state index in [1.807, 2.05) is 6.92 Å². The summed E-state index contributed by atoms with van der Waals surface area (Å²) in [6.07, 6.45) is 1.03. The molecule has 0 saturated carbocycles. The van der Waals surface area contributed by atoms with Gasteiger partial charge in [-0.25, -0.2) is 8.78 Å². The summed E-state index contributed by atoms with van der Waals surface area (Å²) in [4.78, 5) is 0. The molecular weight excluding hydrogens is 224 g/mol. The minimum atomic E-state index is -0.615. The molecule has 0 aliphatic heterocycles. The van der Waals surface area contributed by atoms with Crippen molar-refractivity contribution < 1.29 is 13.5 Å². The van der Waals surface area contributed by atoms with Gasteiger partial charge in [-0.3, -0.25) is 0 Å². The second-order valence-corrected chi connectivity index (χ2v) is 3.90. The van der Waals surface area contributed by atoms with Crippen molar-refractivity contribution >= 4 is 0 Å². The van der Waals surface area contributed by atoms with E-state index in [1.54, 1.807) is 12.1 Å². The van der Waals surface area contributed by atoms with Crippen LogP contribution in [0.15, 0.2) is 18.2 Å². The minimum absolute atomic E-state index is 0.0969. The van der Waals surface area contributed by atoms with Crippen LogP contribution in [0.1, 0.15) is 31.9 Å². The van der Waals surface area contributed by atoms with Gasteiger partial charge in [0.1, 0.15) is 13.3 Å². The molecule has 1 aromatic rings. The van der Waals surface area contributed by atoms with Crippen molar-refractivity contribution in [1.82, 2.24) is 5.32 Å². The van der Waals surface area contributed by atoms with Crippen molar-refractivity contribution in [3.63, 3.8) is 0 Å². The molecule has 1 N–H and O–H groups in total. The van der Waals surface area contributed by atoms with Gasteiger partial charge in [-0.2, -0.15) is 0 Å². The lowest BCUT2D eigenvalue weighted by atomic mass is 10.1. The number of alkyl halides is 1. The summed E-state index contributed by atoms with van der Waals surface area (Å²) in [6.45, 7) is 4.22. The summed E-state index contributed by atoms with van der Waals surface area (Å²) >= 11 is 0. The Balaban J connectivity index is 2.67. The molecule has 17 heavy (non-hydrogen) atoms. The molecule has 0 aliphatic rings. The fourth-order valence-corrected chi connectivity index (χ4v) is 1.53. The Kier molecular flexibility index (Phi) is 5.91. The molecule has 1 aromatic carbocycles. The predicted octanol–water partition coefficient (Wildman–Crippen LogP) is 3.23. The summed E-state index contributed by atoms with van der Waals surface area (Å²) in [7, 11) is 0. The zero-order valence-electron chi connectivity index (χ0n) is 10.3. The Morgan fingerprint density at radius 2 is 2.18 bits per heavy atom. The average molecular weight is 243 g/mol. The highest BCUT2D eigenvalue weighted by Crippen LogP contribution is 2.22. The van der Waals surface area contributed by atoms with Crippen LogP contribution in [0, 0.1) is 5.82 Å². The summed E-state index contributed by atoms with van der Waals surface area (Å²) in [5, 5.41) is 3.27. The number of halogens is 2. The van der Waals surface area contributed by atoms with E-state index in [9.17, 15) is 8.78 Å². The van der Waals surface area contributed by atoms with Gasteiger partial charge in [0.25, 0.3) is 0 Å². The standard InChI is InChI=1S/C13H19F2NO/c1-3-7-16-10(2)11-4-5-13(12(15)9-11)17-8-6-14/h4-5,9-10,16H,3,6-8H2,1-2H3. The SMILES string of the molecule is CCCNC(C)c1ccc(OCCF)c(F)c1. The quantitative estimate of drug-likeness (QED) is 0.793. The summed E-state index contributed by atoms with van der Waals surface area (Å²) in [6, 6.07) is 4.87. The van der Waals surface area contributed by atoms with Gasteiger partial charge < -0.3 is 10.1 Å². The average Bonchev–Trinajstić information content (AvgIpc) is 2.34. The molecule has 0 fully saturated rings. The Morgan fingerprint density at radius 3 is 2.76 bits per heavy atom. The van der Waals surface area contributed by atoms with Gasteiger partial charge in [-0.15, -0.1) is 0 Å². The van der Waals surface area contributed by atoms with Crippen LogP contribution in [-0.2, 0) is 0 Å². The van der Waals surface area contributed by atoms with E-state index in [0.717, 1.165) is 18.5 Å². The Morgan fingerprint density at radius 1 is 1.41 bits per heavy atom. The lowest BCUT2D eigenvalue weighted by Gasteiger charge is -2.14. The molecule has 0 spiro atoms. The normalized spacial score (nSPS) is 12.5. The van der Waals surface area contributed by atoms with Crippen LogP contribution in [0.3, 0.4) is 0 Å². The minimum Gasteiger partial charge on any atom is -0.488 e. The first kappa shape index (κ1) is 13.9. The summed E-state index contributed by atoms with van der Waals surface area (Å²) in [5.41, 5.74) is 0.864. The molecule has 1 unspecified atom stereocenters. The fraction of sp³-hybridized carbons (Fsp3) is 0.538. The molecule has 0 aromatic heterocycles. The van der Waals surface area contributed by atoms with Crippen molar-refractivity contribution in [1.29, 1.82) is 0 Å². The number of rotatable bonds is 7. The summed E-state index contributed by atoms with van der Waals surface area (Å²) in [5.74, 6) is -0.338. The molecule has 0 aliphatic carbocycles. The molecular formula is C13H19F2NO. The molecule has 4 heteroatoms. The maximum atomic E-state index is 13.6. The molecule has 96 valence electrons. The van der Waals surface area contributed by atoms with E-state index in [2.05, 4.69) is 12.2 Å². The summed E-state index contributed by atoms with van der Waals surface area (Å²) < 4.78 is 30.4. The topological polar surface area (TPSA) is 21.3 Å². The first-order chi connectivity index (χ1) is 8.19. The number of hydrogen-bond acceptors (Lipinski definition) is 2. The van der Waals surface area contributed by atoms with Crippen LogP contribution >= 0.6 is 0 Å². The van der Waals surface area contributed by atoms with Crippen LogP contribution in [-0.4, -0.2) is 19.8 Å². The molecule has 2 nitrogen and oxygen atoms in total. The van der Waals surface area contributed by atoms with Crippen LogP contribution in [0.5, 0.6) is 5.75 Å². The molecule has 0 radical (unpaired) electrons. The first-order valence-corrected chi connectivity index (χ1v) is 5.90. The third-order valence-corrected chi connectivity index (χ3v) is 2.49. The van der Waals surface area contributed by atoms with Crippen molar-refractivity contribution in [3.05, 3.63) is 29.6 Å². The molecule has 1 atom stereocenters. The molecule has 0 amide bonds. The maximum Gasteiger partial charge on any atom is 0.165 e. The lowest BCUT2D eigenvalue weighted by molar-refractivity contribution is 0.262.